The molecule has 0 aromatic heterocycles. The fraction of sp³-hybridized carbons (Fsp3) is 0.929. The summed E-state index contributed by atoms with van der Waals surface area (Å²) >= 11 is 0. The van der Waals surface area contributed by atoms with E-state index >= 15 is 0 Å². The minimum absolute atomic E-state index is 0.202. The van der Waals surface area contributed by atoms with Crippen molar-refractivity contribution in [3.8, 4) is 0 Å². The molecular weight excluding hydrogens is 244 g/mol. The lowest BCUT2D eigenvalue weighted by atomic mass is 9.77. The third-order valence-corrected chi connectivity index (χ3v) is 4.63. The lowest BCUT2D eigenvalue weighted by molar-refractivity contribution is 0.0311. The molecule has 0 heterocycles. The molecule has 0 spiro atoms. The quantitative estimate of drug-likeness (QED) is 0.617. The number of nitrogens with one attached hydrogen (secondary N) is 2. The van der Waals surface area contributed by atoms with Gasteiger partial charge in [0, 0.05) is 6.54 Å². The molecule has 2 rings (SSSR count). The van der Waals surface area contributed by atoms with Gasteiger partial charge in [0.15, 0.2) is 0 Å². The van der Waals surface area contributed by atoms with Gasteiger partial charge in [0.2, 0.25) is 0 Å². The van der Waals surface area contributed by atoms with Crippen LogP contribution < -0.4 is 10.6 Å². The molecule has 0 aromatic rings. The molecule has 5 heteroatoms. The molecule has 110 valence electrons. The van der Waals surface area contributed by atoms with Crippen molar-refractivity contribution in [3.63, 3.8) is 0 Å². The van der Waals surface area contributed by atoms with Crippen LogP contribution in [0.4, 0.5) is 4.79 Å². The van der Waals surface area contributed by atoms with E-state index in [0.717, 1.165) is 12.8 Å². The van der Waals surface area contributed by atoms with Crippen LogP contribution in [0.5, 0.6) is 0 Å². The summed E-state index contributed by atoms with van der Waals surface area (Å²) in [4.78, 5) is 11.7. The minimum atomic E-state index is -0.838. The Morgan fingerprint density at radius 3 is 2.53 bits per heavy atom. The smallest absolute Gasteiger partial charge is 0.315 e. The summed E-state index contributed by atoms with van der Waals surface area (Å²) in [6.45, 7) is 2.42. The average Bonchev–Trinajstić information content (AvgIpc) is 2.68. The van der Waals surface area contributed by atoms with Crippen LogP contribution in [0.25, 0.3) is 0 Å². The summed E-state index contributed by atoms with van der Waals surface area (Å²) < 4.78 is 0. The Labute approximate surface area is 114 Å². The average molecular weight is 270 g/mol. The number of hydrogen-bond acceptors (Lipinski definition) is 3. The summed E-state index contributed by atoms with van der Waals surface area (Å²) in [5.41, 5.74) is 0. The highest BCUT2D eigenvalue weighted by atomic mass is 16.3. The van der Waals surface area contributed by atoms with Crippen LogP contribution in [0.1, 0.15) is 45.4 Å². The number of carbonyl (C=O) groups is 1. The highest BCUT2D eigenvalue weighted by Crippen LogP contribution is 2.39. The minimum Gasteiger partial charge on any atom is -0.390 e. The summed E-state index contributed by atoms with van der Waals surface area (Å²) in [6, 6.07) is -0.564. The zero-order valence-corrected chi connectivity index (χ0v) is 11.6. The lowest BCUT2D eigenvalue weighted by Crippen LogP contribution is -2.50. The van der Waals surface area contributed by atoms with E-state index in [9.17, 15) is 15.0 Å². The van der Waals surface area contributed by atoms with E-state index in [2.05, 4.69) is 10.6 Å². The molecule has 0 bridgehead atoms. The Kier molecular flexibility index (Phi) is 5.05. The first-order valence-corrected chi connectivity index (χ1v) is 7.54. The van der Waals surface area contributed by atoms with Gasteiger partial charge >= 0.3 is 6.03 Å². The molecule has 4 atom stereocenters. The first-order chi connectivity index (χ1) is 9.13. The van der Waals surface area contributed by atoms with Crippen molar-refractivity contribution >= 4 is 6.03 Å². The molecule has 2 aliphatic rings. The number of hydrogen-bond donors (Lipinski definition) is 4. The van der Waals surface area contributed by atoms with Crippen molar-refractivity contribution in [2.45, 2.75) is 63.7 Å². The van der Waals surface area contributed by atoms with Crippen LogP contribution >= 0.6 is 0 Å². The number of urea groups is 1. The highest BCUT2D eigenvalue weighted by molar-refractivity contribution is 5.74. The van der Waals surface area contributed by atoms with Crippen molar-refractivity contribution in [1.82, 2.24) is 10.6 Å². The van der Waals surface area contributed by atoms with Gasteiger partial charge in [-0.25, -0.2) is 4.79 Å². The first-order valence-electron chi connectivity index (χ1n) is 7.54. The molecule has 0 aromatic carbocycles. The molecule has 0 radical (unpaired) electrons. The molecule has 2 amide bonds. The van der Waals surface area contributed by atoms with Crippen molar-refractivity contribution in [2.24, 2.45) is 11.8 Å². The molecule has 19 heavy (non-hydrogen) atoms. The summed E-state index contributed by atoms with van der Waals surface area (Å²) in [5.74, 6) is 0.723. The number of amides is 2. The largest absolute Gasteiger partial charge is 0.390 e. The van der Waals surface area contributed by atoms with Crippen LogP contribution in [0, 0.1) is 11.8 Å². The van der Waals surface area contributed by atoms with Crippen LogP contribution in [-0.4, -0.2) is 41.0 Å². The van der Waals surface area contributed by atoms with Crippen molar-refractivity contribution in [2.75, 3.05) is 6.54 Å². The molecule has 4 N–H and O–H groups in total. The molecule has 5 nitrogen and oxygen atoms in total. The van der Waals surface area contributed by atoms with Gasteiger partial charge in [-0.1, -0.05) is 32.1 Å². The third kappa shape index (κ3) is 3.39. The van der Waals surface area contributed by atoms with Gasteiger partial charge in [0.05, 0.1) is 12.1 Å². The third-order valence-electron chi connectivity index (χ3n) is 4.63. The molecular formula is C14H26N2O3. The summed E-state index contributed by atoms with van der Waals surface area (Å²) in [7, 11) is 0. The molecule has 0 aliphatic heterocycles. The maximum absolute atomic E-state index is 11.7. The van der Waals surface area contributed by atoms with Crippen LogP contribution in [0.3, 0.4) is 0 Å². The fourth-order valence-electron chi connectivity index (χ4n) is 3.66. The Hall–Kier alpha value is -0.810. The normalized spacial score (nSPS) is 36.2. The van der Waals surface area contributed by atoms with Gasteiger partial charge < -0.3 is 20.8 Å². The Balaban J connectivity index is 2.00. The zero-order chi connectivity index (χ0) is 13.8. The number of aliphatic hydroxyl groups is 2. The second-order valence-electron chi connectivity index (χ2n) is 5.89. The monoisotopic (exact) mass is 270 g/mol. The van der Waals surface area contributed by atoms with Gasteiger partial charge in [-0.15, -0.1) is 0 Å². The van der Waals surface area contributed by atoms with E-state index in [1.165, 1.54) is 19.3 Å². The number of aliphatic hydroxyl groups excluding tert-OH is 2. The molecule has 0 unspecified atom stereocenters. The zero-order valence-electron chi connectivity index (χ0n) is 11.6. The first kappa shape index (κ1) is 14.6. The molecule has 2 fully saturated rings. The van der Waals surface area contributed by atoms with Crippen molar-refractivity contribution in [3.05, 3.63) is 0 Å². The van der Waals surface area contributed by atoms with E-state index in [-0.39, 0.29) is 18.0 Å². The lowest BCUT2D eigenvalue weighted by Gasteiger charge is -2.32. The van der Waals surface area contributed by atoms with Gasteiger partial charge in [-0.2, -0.15) is 0 Å². The fourth-order valence-corrected chi connectivity index (χ4v) is 3.66. The maximum atomic E-state index is 11.7. The standard InChI is InChI=1S/C14H26N2O3/c1-2-15-14(19)16-12-10(8-11(17)13(12)18)9-6-4-3-5-7-9/h9-13,17-18H,2-8H2,1H3,(H2,15,16,19)/t10-,11-,12-,13-/m1/s1. The molecule has 0 saturated heterocycles. The molecule has 2 saturated carbocycles. The Bertz CT molecular complexity index is 305. The van der Waals surface area contributed by atoms with E-state index in [0.29, 0.717) is 18.9 Å². The highest BCUT2D eigenvalue weighted by Gasteiger charge is 2.45. The number of rotatable bonds is 3. The predicted octanol–water partition coefficient (Wildman–Crippen LogP) is 0.996. The van der Waals surface area contributed by atoms with Gasteiger partial charge in [0.1, 0.15) is 6.10 Å². The second kappa shape index (κ2) is 6.57. The van der Waals surface area contributed by atoms with Gasteiger partial charge in [0.25, 0.3) is 0 Å². The second-order valence-corrected chi connectivity index (χ2v) is 5.89. The van der Waals surface area contributed by atoms with Gasteiger partial charge in [-0.3, -0.25) is 0 Å². The van der Waals surface area contributed by atoms with Crippen LogP contribution in [0.15, 0.2) is 0 Å². The molecule has 2 aliphatic carbocycles. The van der Waals surface area contributed by atoms with E-state index in [1.807, 2.05) is 6.92 Å². The summed E-state index contributed by atoms with van der Waals surface area (Å²) in [6.07, 6.45) is 5.08. The van der Waals surface area contributed by atoms with E-state index < -0.39 is 12.2 Å². The Morgan fingerprint density at radius 2 is 1.89 bits per heavy atom. The van der Waals surface area contributed by atoms with E-state index in [4.69, 9.17) is 0 Å². The SMILES string of the molecule is CCNC(=O)N[C@H]1[C@H](O)[C@H](O)C[C@@H]1C1CCCCC1. The van der Waals surface area contributed by atoms with E-state index in [1.54, 1.807) is 0 Å². The topological polar surface area (TPSA) is 81.6 Å². The van der Waals surface area contributed by atoms with Crippen LogP contribution in [0.2, 0.25) is 0 Å². The van der Waals surface area contributed by atoms with Crippen molar-refractivity contribution < 1.29 is 15.0 Å². The predicted molar refractivity (Wildman–Crippen MR) is 72.7 cm³/mol. The summed E-state index contributed by atoms with van der Waals surface area (Å²) in [5, 5.41) is 25.5. The Morgan fingerprint density at radius 1 is 1.21 bits per heavy atom. The maximum Gasteiger partial charge on any atom is 0.315 e. The van der Waals surface area contributed by atoms with Gasteiger partial charge in [-0.05, 0) is 25.2 Å². The van der Waals surface area contributed by atoms with Crippen molar-refractivity contribution in [1.29, 1.82) is 0 Å². The van der Waals surface area contributed by atoms with Crippen LogP contribution in [-0.2, 0) is 0 Å². The number of carbonyl (C=O) groups excluding carboxylic acids is 1.